The highest BCUT2D eigenvalue weighted by Crippen LogP contribution is 2.23. The quantitative estimate of drug-likeness (QED) is 0.615. The van der Waals surface area contributed by atoms with Crippen LogP contribution in [0.4, 0.5) is 0 Å². The molecular weight excluding hydrogens is 270 g/mol. The molecule has 0 radical (unpaired) electrons. The van der Waals surface area contributed by atoms with Gasteiger partial charge in [-0.2, -0.15) is 0 Å². The summed E-state index contributed by atoms with van der Waals surface area (Å²) in [5.41, 5.74) is 1.32. The van der Waals surface area contributed by atoms with Crippen molar-refractivity contribution in [3.05, 3.63) is 29.8 Å². The van der Waals surface area contributed by atoms with Crippen LogP contribution in [0.15, 0.2) is 29.2 Å². The monoisotopic (exact) mass is 293 g/mol. The summed E-state index contributed by atoms with van der Waals surface area (Å²) >= 11 is 1.76. The van der Waals surface area contributed by atoms with E-state index >= 15 is 0 Å². The molecule has 1 aliphatic rings. The number of ether oxygens (including phenoxy) is 1. The number of nitrogens with zero attached hydrogens (tertiary/aromatic N) is 1. The molecule has 1 aromatic carbocycles. The van der Waals surface area contributed by atoms with Crippen molar-refractivity contribution in [1.82, 2.24) is 4.90 Å². The van der Waals surface area contributed by atoms with E-state index in [1.165, 1.54) is 30.4 Å². The van der Waals surface area contributed by atoms with Gasteiger partial charge >= 0.3 is 5.97 Å². The molecule has 0 aromatic heterocycles. The molecule has 0 aliphatic carbocycles. The summed E-state index contributed by atoms with van der Waals surface area (Å²) in [6.07, 6.45) is 6.13. The smallest absolute Gasteiger partial charge is 0.307 e. The summed E-state index contributed by atoms with van der Waals surface area (Å²) in [6.45, 7) is 2.00. The predicted molar refractivity (Wildman–Crippen MR) is 82.9 cm³/mol. The minimum atomic E-state index is -0.0976. The molecule has 1 unspecified atom stereocenters. The largest absolute Gasteiger partial charge is 0.469 e. The van der Waals surface area contributed by atoms with Gasteiger partial charge in [-0.15, -0.1) is 11.8 Å². The van der Waals surface area contributed by atoms with Crippen LogP contribution in [0.25, 0.3) is 0 Å². The second-order valence-electron chi connectivity index (χ2n) is 5.25. The molecule has 2 rings (SSSR count). The number of esters is 1. The molecule has 1 aromatic rings. The second kappa shape index (κ2) is 7.70. The van der Waals surface area contributed by atoms with Crippen LogP contribution < -0.4 is 0 Å². The molecule has 1 atom stereocenters. The number of piperidine rings is 1. The van der Waals surface area contributed by atoms with Gasteiger partial charge in [-0.25, -0.2) is 0 Å². The van der Waals surface area contributed by atoms with E-state index in [4.69, 9.17) is 4.74 Å². The van der Waals surface area contributed by atoms with Crippen LogP contribution in [0.3, 0.4) is 0 Å². The number of methoxy groups -OCH3 is 1. The van der Waals surface area contributed by atoms with E-state index in [-0.39, 0.29) is 5.97 Å². The van der Waals surface area contributed by atoms with Crippen LogP contribution in [0, 0.1) is 0 Å². The lowest BCUT2D eigenvalue weighted by atomic mass is 9.98. The average Bonchev–Trinajstić information content (AvgIpc) is 2.50. The fourth-order valence-electron chi connectivity index (χ4n) is 2.74. The van der Waals surface area contributed by atoms with Gasteiger partial charge in [0.15, 0.2) is 0 Å². The minimum absolute atomic E-state index is 0.0976. The number of carbonyl (C=O) groups is 1. The number of rotatable bonds is 5. The number of benzene rings is 1. The molecule has 0 spiro atoms. The van der Waals surface area contributed by atoms with E-state index in [9.17, 15) is 4.79 Å². The molecule has 1 saturated heterocycles. The van der Waals surface area contributed by atoms with Gasteiger partial charge in [0.2, 0.25) is 0 Å². The Bertz CT molecular complexity index is 433. The van der Waals surface area contributed by atoms with E-state index in [0.29, 0.717) is 12.5 Å². The first-order chi connectivity index (χ1) is 9.72. The molecule has 1 aliphatic heterocycles. The lowest BCUT2D eigenvalue weighted by Crippen LogP contribution is -2.40. The Morgan fingerprint density at radius 3 is 2.75 bits per heavy atom. The fraction of sp³-hybridized carbons (Fsp3) is 0.562. The van der Waals surface area contributed by atoms with Gasteiger partial charge in [0, 0.05) is 17.5 Å². The molecule has 3 nitrogen and oxygen atoms in total. The van der Waals surface area contributed by atoms with Crippen LogP contribution in [0.2, 0.25) is 0 Å². The van der Waals surface area contributed by atoms with Crippen molar-refractivity contribution in [2.45, 2.75) is 43.2 Å². The number of hydrogen-bond donors (Lipinski definition) is 0. The third kappa shape index (κ3) is 4.25. The third-order valence-corrected chi connectivity index (χ3v) is 4.67. The first kappa shape index (κ1) is 15.4. The molecule has 1 heterocycles. The van der Waals surface area contributed by atoms with Crippen molar-refractivity contribution >= 4 is 17.7 Å². The number of carbonyl (C=O) groups excluding carboxylic acids is 1. The van der Waals surface area contributed by atoms with E-state index in [1.807, 2.05) is 0 Å². The maximum Gasteiger partial charge on any atom is 0.307 e. The Kier molecular flexibility index (Phi) is 5.92. The van der Waals surface area contributed by atoms with Gasteiger partial charge < -0.3 is 4.74 Å². The highest BCUT2D eigenvalue weighted by molar-refractivity contribution is 7.98. The fourth-order valence-corrected chi connectivity index (χ4v) is 3.15. The molecule has 4 heteroatoms. The maximum atomic E-state index is 11.5. The molecule has 110 valence electrons. The predicted octanol–water partition coefficient (Wildman–Crippen LogP) is 3.33. The Balaban J connectivity index is 1.98. The lowest BCUT2D eigenvalue weighted by molar-refractivity contribution is -0.142. The summed E-state index contributed by atoms with van der Waals surface area (Å²) in [5, 5.41) is 0. The van der Waals surface area contributed by atoms with Crippen LogP contribution in [0.1, 0.15) is 31.2 Å². The Morgan fingerprint density at radius 2 is 2.10 bits per heavy atom. The molecule has 0 amide bonds. The van der Waals surface area contributed by atoms with Crippen LogP contribution in [0.5, 0.6) is 0 Å². The topological polar surface area (TPSA) is 29.5 Å². The van der Waals surface area contributed by atoms with E-state index in [2.05, 4.69) is 35.4 Å². The Labute approximate surface area is 125 Å². The highest BCUT2D eigenvalue weighted by atomic mass is 32.2. The highest BCUT2D eigenvalue weighted by Gasteiger charge is 2.24. The Morgan fingerprint density at radius 1 is 1.35 bits per heavy atom. The van der Waals surface area contributed by atoms with Crippen molar-refractivity contribution in [1.29, 1.82) is 0 Å². The van der Waals surface area contributed by atoms with Gasteiger partial charge in [0.05, 0.1) is 13.5 Å². The van der Waals surface area contributed by atoms with Crippen LogP contribution in [-0.2, 0) is 16.1 Å². The SMILES string of the molecule is COC(=O)CC1CCCCN1Cc1ccc(SC)cc1. The van der Waals surface area contributed by atoms with Crippen LogP contribution in [-0.4, -0.2) is 36.8 Å². The number of likely N-dealkylation sites (tertiary alicyclic amines) is 1. The van der Waals surface area contributed by atoms with Gasteiger partial charge in [-0.3, -0.25) is 9.69 Å². The second-order valence-corrected chi connectivity index (χ2v) is 6.13. The maximum absolute atomic E-state index is 11.5. The van der Waals surface area contributed by atoms with Crippen molar-refractivity contribution < 1.29 is 9.53 Å². The first-order valence-electron chi connectivity index (χ1n) is 7.16. The number of hydrogen-bond acceptors (Lipinski definition) is 4. The van der Waals surface area contributed by atoms with Gasteiger partial charge in [0.1, 0.15) is 0 Å². The molecule has 0 N–H and O–H groups in total. The van der Waals surface area contributed by atoms with E-state index < -0.39 is 0 Å². The van der Waals surface area contributed by atoms with Gasteiger partial charge in [0.25, 0.3) is 0 Å². The lowest BCUT2D eigenvalue weighted by Gasteiger charge is -2.35. The summed E-state index contributed by atoms with van der Waals surface area (Å²) in [4.78, 5) is 15.2. The summed E-state index contributed by atoms with van der Waals surface area (Å²) < 4.78 is 4.81. The van der Waals surface area contributed by atoms with E-state index in [1.54, 1.807) is 11.8 Å². The van der Waals surface area contributed by atoms with Crippen molar-refractivity contribution in [3.63, 3.8) is 0 Å². The summed E-state index contributed by atoms with van der Waals surface area (Å²) in [7, 11) is 1.47. The van der Waals surface area contributed by atoms with Crippen molar-refractivity contribution in [2.75, 3.05) is 19.9 Å². The Hall–Kier alpha value is -1.00. The number of thioether (sulfide) groups is 1. The first-order valence-corrected chi connectivity index (χ1v) is 8.39. The molecule has 0 saturated carbocycles. The van der Waals surface area contributed by atoms with Crippen LogP contribution >= 0.6 is 11.8 Å². The van der Waals surface area contributed by atoms with Gasteiger partial charge in [-0.1, -0.05) is 18.6 Å². The summed E-state index contributed by atoms with van der Waals surface area (Å²) in [6, 6.07) is 9.04. The molecule has 1 fully saturated rings. The normalized spacial score (nSPS) is 19.8. The van der Waals surface area contributed by atoms with E-state index in [0.717, 1.165) is 19.5 Å². The van der Waals surface area contributed by atoms with Crippen molar-refractivity contribution in [2.24, 2.45) is 0 Å². The summed E-state index contributed by atoms with van der Waals surface area (Å²) in [5.74, 6) is -0.0976. The minimum Gasteiger partial charge on any atom is -0.469 e. The zero-order valence-corrected chi connectivity index (χ0v) is 13.1. The molecule has 0 bridgehead atoms. The zero-order chi connectivity index (χ0) is 14.4. The van der Waals surface area contributed by atoms with Gasteiger partial charge in [-0.05, 0) is 43.3 Å². The van der Waals surface area contributed by atoms with Crippen molar-refractivity contribution in [3.8, 4) is 0 Å². The third-order valence-electron chi connectivity index (χ3n) is 3.92. The standard InChI is InChI=1S/C16H23NO2S/c1-19-16(18)11-14-5-3-4-10-17(14)12-13-6-8-15(20-2)9-7-13/h6-9,14H,3-5,10-12H2,1-2H3. The average molecular weight is 293 g/mol. The molecular formula is C16H23NO2S. The zero-order valence-electron chi connectivity index (χ0n) is 12.3. The molecule has 20 heavy (non-hydrogen) atoms.